The van der Waals surface area contributed by atoms with Gasteiger partial charge >= 0.3 is 0 Å². The number of para-hydroxylation sites is 1. The first-order valence-electron chi connectivity index (χ1n) is 12.3. The van der Waals surface area contributed by atoms with Crippen LogP contribution in [0, 0.1) is 0 Å². The van der Waals surface area contributed by atoms with Crippen molar-refractivity contribution in [1.29, 1.82) is 0 Å². The zero-order valence-corrected chi connectivity index (χ0v) is 21.6. The lowest BCUT2D eigenvalue weighted by atomic mass is 10.1. The molecule has 4 aromatic rings. The molecule has 0 spiro atoms. The smallest absolute Gasteiger partial charge is 0.255 e. The highest BCUT2D eigenvalue weighted by Crippen LogP contribution is 2.39. The van der Waals surface area contributed by atoms with Crippen molar-refractivity contribution in [3.63, 3.8) is 0 Å². The van der Waals surface area contributed by atoms with Crippen molar-refractivity contribution in [2.75, 3.05) is 11.1 Å². The van der Waals surface area contributed by atoms with Crippen LogP contribution in [0.15, 0.2) is 102 Å². The van der Waals surface area contributed by atoms with E-state index in [4.69, 9.17) is 4.42 Å². The molecule has 38 heavy (non-hydrogen) atoms. The van der Waals surface area contributed by atoms with Gasteiger partial charge in [-0.05, 0) is 54.4 Å². The highest BCUT2D eigenvalue weighted by atomic mass is 32.2. The Labute approximate surface area is 225 Å². The predicted molar refractivity (Wildman–Crippen MR) is 148 cm³/mol. The second-order valence-electron chi connectivity index (χ2n) is 8.99. The number of thioether (sulfide) groups is 1. The number of benzene rings is 3. The molecule has 2 atom stereocenters. The molecule has 2 N–H and O–H groups in total. The van der Waals surface area contributed by atoms with E-state index in [1.54, 1.807) is 65.4 Å². The van der Waals surface area contributed by atoms with E-state index in [9.17, 15) is 14.4 Å². The Morgan fingerprint density at radius 3 is 2.42 bits per heavy atom. The first-order valence-corrected chi connectivity index (χ1v) is 13.3. The molecule has 8 heteroatoms. The first-order chi connectivity index (χ1) is 18.5. The molecule has 0 aliphatic carbocycles. The number of furan rings is 1. The lowest BCUT2D eigenvalue weighted by molar-refractivity contribution is -0.128. The number of amides is 3. The lowest BCUT2D eigenvalue weighted by Gasteiger charge is -2.23. The van der Waals surface area contributed by atoms with Crippen molar-refractivity contribution in [3.8, 4) is 0 Å². The number of hydrogen-bond acceptors (Lipinski definition) is 5. The molecule has 0 radical (unpaired) electrons. The Hall–Kier alpha value is -4.30. The molecular formula is C30H27N3O4S. The summed E-state index contributed by atoms with van der Waals surface area (Å²) in [5, 5.41) is 5.72. The molecule has 192 valence electrons. The Balaban J connectivity index is 1.26. The summed E-state index contributed by atoms with van der Waals surface area (Å²) in [7, 11) is 0. The van der Waals surface area contributed by atoms with Gasteiger partial charge in [0.2, 0.25) is 5.91 Å². The van der Waals surface area contributed by atoms with E-state index >= 15 is 0 Å². The first kappa shape index (κ1) is 25.4. The van der Waals surface area contributed by atoms with Gasteiger partial charge < -0.3 is 20.0 Å². The fourth-order valence-corrected chi connectivity index (χ4v) is 5.54. The molecule has 1 aliphatic rings. The Kier molecular flexibility index (Phi) is 7.60. The maximum Gasteiger partial charge on any atom is 0.255 e. The van der Waals surface area contributed by atoms with Crippen molar-refractivity contribution in [2.24, 2.45) is 0 Å². The standard InChI is InChI=1S/C30H27N3O4S/c1-20(21-8-3-2-4-9-21)31-29(36)25-11-5-6-12-26(25)32-28(35)22-13-15-23(16-14-22)30-33(27(34)19-38-30)18-24-10-7-17-37-24/h2-17,20,30H,18-19H2,1H3,(H,31,36)(H,32,35)/t20-,30-/m1/s1. The molecule has 1 saturated heterocycles. The zero-order valence-electron chi connectivity index (χ0n) is 20.8. The van der Waals surface area contributed by atoms with Crippen LogP contribution in [0.3, 0.4) is 0 Å². The second-order valence-corrected chi connectivity index (χ2v) is 10.1. The average molecular weight is 526 g/mol. The maximum atomic E-state index is 13.1. The highest BCUT2D eigenvalue weighted by molar-refractivity contribution is 8.00. The predicted octanol–water partition coefficient (Wildman–Crippen LogP) is 5.80. The summed E-state index contributed by atoms with van der Waals surface area (Å²) >= 11 is 1.55. The summed E-state index contributed by atoms with van der Waals surface area (Å²) in [5.41, 5.74) is 3.19. The van der Waals surface area contributed by atoms with Crippen LogP contribution >= 0.6 is 11.8 Å². The fraction of sp³-hybridized carbons (Fsp3) is 0.167. The van der Waals surface area contributed by atoms with Gasteiger partial charge in [-0.15, -0.1) is 11.8 Å². The van der Waals surface area contributed by atoms with Crippen LogP contribution in [0.2, 0.25) is 0 Å². The zero-order chi connectivity index (χ0) is 26.5. The second kappa shape index (κ2) is 11.4. The molecule has 1 aliphatic heterocycles. The minimum Gasteiger partial charge on any atom is -0.467 e. The van der Waals surface area contributed by atoms with Gasteiger partial charge in [0.1, 0.15) is 11.1 Å². The van der Waals surface area contributed by atoms with Gasteiger partial charge in [-0.2, -0.15) is 0 Å². The summed E-state index contributed by atoms with van der Waals surface area (Å²) in [4.78, 5) is 40.3. The SMILES string of the molecule is C[C@@H](NC(=O)c1ccccc1NC(=O)c1ccc([C@H]2SCC(=O)N2Cc2ccco2)cc1)c1ccccc1. The van der Waals surface area contributed by atoms with Crippen molar-refractivity contribution >= 4 is 35.2 Å². The van der Waals surface area contributed by atoms with Crippen LogP contribution in [-0.2, 0) is 11.3 Å². The maximum absolute atomic E-state index is 13.1. The quantitative estimate of drug-likeness (QED) is 0.304. The topological polar surface area (TPSA) is 91.7 Å². The average Bonchev–Trinajstić information content (AvgIpc) is 3.59. The van der Waals surface area contributed by atoms with Gasteiger partial charge in [0.05, 0.1) is 35.9 Å². The van der Waals surface area contributed by atoms with E-state index in [1.165, 1.54) is 0 Å². The van der Waals surface area contributed by atoms with Crippen molar-refractivity contribution in [1.82, 2.24) is 10.2 Å². The highest BCUT2D eigenvalue weighted by Gasteiger charge is 2.33. The third-order valence-corrected chi connectivity index (χ3v) is 7.66. The Morgan fingerprint density at radius 2 is 1.68 bits per heavy atom. The van der Waals surface area contributed by atoms with Crippen molar-refractivity contribution in [3.05, 3.63) is 125 Å². The summed E-state index contributed by atoms with van der Waals surface area (Å²) in [6.45, 7) is 2.31. The summed E-state index contributed by atoms with van der Waals surface area (Å²) in [6, 6.07) is 27.3. The van der Waals surface area contributed by atoms with Crippen LogP contribution in [0.5, 0.6) is 0 Å². The van der Waals surface area contributed by atoms with Crippen molar-refractivity contribution < 1.29 is 18.8 Å². The molecule has 1 fully saturated rings. The van der Waals surface area contributed by atoms with E-state index in [0.29, 0.717) is 29.1 Å². The summed E-state index contributed by atoms with van der Waals surface area (Å²) in [5.74, 6) is 0.579. The number of nitrogens with one attached hydrogen (secondary N) is 2. The number of nitrogens with zero attached hydrogens (tertiary/aromatic N) is 1. The minimum absolute atomic E-state index is 0.0506. The van der Waals surface area contributed by atoms with E-state index in [2.05, 4.69) is 10.6 Å². The lowest BCUT2D eigenvalue weighted by Crippen LogP contribution is -2.28. The van der Waals surface area contributed by atoms with Gasteiger partial charge in [-0.25, -0.2) is 0 Å². The molecule has 7 nitrogen and oxygen atoms in total. The fourth-order valence-electron chi connectivity index (χ4n) is 4.35. The number of rotatable bonds is 8. The molecule has 0 unspecified atom stereocenters. The van der Waals surface area contributed by atoms with E-state index < -0.39 is 0 Å². The molecule has 1 aromatic heterocycles. The monoisotopic (exact) mass is 525 g/mol. The van der Waals surface area contributed by atoms with E-state index in [1.807, 2.05) is 55.5 Å². The van der Waals surface area contributed by atoms with Crippen molar-refractivity contribution in [2.45, 2.75) is 24.9 Å². The third kappa shape index (κ3) is 5.65. The Morgan fingerprint density at radius 1 is 0.947 bits per heavy atom. The van der Waals surface area contributed by atoms with Gasteiger partial charge in [0, 0.05) is 5.56 Å². The minimum atomic E-state index is -0.324. The molecule has 0 bridgehead atoms. The van der Waals surface area contributed by atoms with Gasteiger partial charge in [-0.1, -0.05) is 54.6 Å². The van der Waals surface area contributed by atoms with E-state index in [-0.39, 0.29) is 29.1 Å². The third-order valence-electron chi connectivity index (χ3n) is 6.40. The molecule has 3 aromatic carbocycles. The number of hydrogen-bond donors (Lipinski definition) is 2. The van der Waals surface area contributed by atoms with E-state index in [0.717, 1.165) is 16.9 Å². The van der Waals surface area contributed by atoms with Crippen LogP contribution < -0.4 is 10.6 Å². The molecule has 0 saturated carbocycles. The number of carbonyl (C=O) groups excluding carboxylic acids is 3. The largest absolute Gasteiger partial charge is 0.467 e. The number of anilines is 1. The van der Waals surface area contributed by atoms with Crippen LogP contribution in [0.1, 0.15) is 55.9 Å². The molecule has 3 amide bonds. The normalized spacial score (nSPS) is 15.8. The Bertz CT molecular complexity index is 1420. The molecular weight excluding hydrogens is 498 g/mol. The van der Waals surface area contributed by atoms with Crippen LogP contribution in [0.4, 0.5) is 5.69 Å². The summed E-state index contributed by atoms with van der Waals surface area (Å²) in [6.07, 6.45) is 1.59. The van der Waals surface area contributed by atoms with Gasteiger partial charge in [0.15, 0.2) is 0 Å². The van der Waals surface area contributed by atoms with Gasteiger partial charge in [0.25, 0.3) is 11.8 Å². The molecule has 5 rings (SSSR count). The van der Waals surface area contributed by atoms with Crippen LogP contribution in [-0.4, -0.2) is 28.4 Å². The number of carbonyl (C=O) groups is 3. The van der Waals surface area contributed by atoms with Gasteiger partial charge in [-0.3, -0.25) is 14.4 Å². The summed E-state index contributed by atoms with van der Waals surface area (Å²) < 4.78 is 5.42. The van der Waals surface area contributed by atoms with Crippen LogP contribution in [0.25, 0.3) is 0 Å². The molecule has 2 heterocycles.